The molecule has 3 aliphatic heterocycles. The van der Waals surface area contributed by atoms with Gasteiger partial charge in [-0.15, -0.1) is 0 Å². The highest BCUT2D eigenvalue weighted by molar-refractivity contribution is 6.69. The van der Waals surface area contributed by atoms with Crippen molar-refractivity contribution in [2.24, 2.45) is 10.9 Å². The quantitative estimate of drug-likeness (QED) is 0.832. The van der Waals surface area contributed by atoms with Crippen molar-refractivity contribution in [3.8, 4) is 0 Å². The Bertz CT molecular complexity index is 785. The highest BCUT2D eigenvalue weighted by Gasteiger charge is 2.32. The second kappa shape index (κ2) is 7.00. The minimum atomic E-state index is -0.130. The minimum absolute atomic E-state index is 0.130. The second-order valence-corrected chi connectivity index (χ2v) is 8.21. The van der Waals surface area contributed by atoms with Gasteiger partial charge in [0.15, 0.2) is 6.29 Å². The van der Waals surface area contributed by atoms with Crippen molar-refractivity contribution in [1.82, 2.24) is 10.2 Å². The van der Waals surface area contributed by atoms with Gasteiger partial charge in [0.1, 0.15) is 5.17 Å². The SMILES string of the molecule is CC1Nc2ccc(C3=CC(Cl)=NC(N4CCOCC4)N3)cc2N1CC1CC1. The van der Waals surface area contributed by atoms with Crippen molar-refractivity contribution in [3.05, 3.63) is 29.8 Å². The van der Waals surface area contributed by atoms with Crippen LogP contribution in [-0.2, 0) is 4.74 Å². The number of hydrogen-bond donors (Lipinski definition) is 2. The number of rotatable bonds is 4. The van der Waals surface area contributed by atoms with Crippen LogP contribution < -0.4 is 15.5 Å². The van der Waals surface area contributed by atoms with Crippen molar-refractivity contribution in [1.29, 1.82) is 0 Å². The molecule has 2 N–H and O–H groups in total. The van der Waals surface area contributed by atoms with Crippen LogP contribution >= 0.6 is 11.6 Å². The lowest BCUT2D eigenvalue weighted by atomic mass is 10.1. The molecule has 6 nitrogen and oxygen atoms in total. The zero-order chi connectivity index (χ0) is 18.4. The maximum Gasteiger partial charge on any atom is 0.178 e. The molecule has 0 spiro atoms. The molecule has 1 aromatic carbocycles. The van der Waals surface area contributed by atoms with E-state index in [1.54, 1.807) is 0 Å². The summed E-state index contributed by atoms with van der Waals surface area (Å²) in [6.45, 7) is 6.57. The number of allylic oxidation sites excluding steroid dienone is 1. The number of nitrogens with zero attached hydrogens (tertiary/aromatic N) is 3. The van der Waals surface area contributed by atoms with Gasteiger partial charge in [-0.3, -0.25) is 4.90 Å². The first-order valence-electron chi connectivity index (χ1n) is 9.88. The number of fused-ring (bicyclic) bond motifs is 1. The molecule has 1 saturated carbocycles. The van der Waals surface area contributed by atoms with Crippen molar-refractivity contribution in [2.75, 3.05) is 43.1 Å². The van der Waals surface area contributed by atoms with Crippen LogP contribution in [0, 0.1) is 5.92 Å². The predicted molar refractivity (Wildman–Crippen MR) is 110 cm³/mol. The molecule has 0 amide bonds. The van der Waals surface area contributed by atoms with Crippen molar-refractivity contribution >= 4 is 33.8 Å². The molecule has 2 fully saturated rings. The maximum absolute atomic E-state index is 6.37. The molecule has 4 aliphatic rings. The highest BCUT2D eigenvalue weighted by atomic mass is 35.5. The molecule has 144 valence electrons. The third kappa shape index (κ3) is 3.53. The largest absolute Gasteiger partial charge is 0.379 e. The van der Waals surface area contributed by atoms with E-state index in [1.165, 1.54) is 24.2 Å². The molecule has 0 aromatic heterocycles. The number of nitrogens with one attached hydrogen (secondary N) is 2. The first-order valence-corrected chi connectivity index (χ1v) is 10.3. The average Bonchev–Trinajstić information content (AvgIpc) is 3.45. The van der Waals surface area contributed by atoms with Gasteiger partial charge in [0.2, 0.25) is 0 Å². The minimum Gasteiger partial charge on any atom is -0.379 e. The first kappa shape index (κ1) is 17.3. The van der Waals surface area contributed by atoms with E-state index in [0.717, 1.165) is 50.0 Å². The maximum atomic E-state index is 6.37. The van der Waals surface area contributed by atoms with Crippen molar-refractivity contribution < 1.29 is 4.74 Å². The molecular weight excluding hydrogens is 362 g/mol. The van der Waals surface area contributed by atoms with Gasteiger partial charge in [-0.25, -0.2) is 4.99 Å². The van der Waals surface area contributed by atoms with Gasteiger partial charge in [-0.1, -0.05) is 17.7 Å². The Morgan fingerprint density at radius 3 is 2.81 bits per heavy atom. The van der Waals surface area contributed by atoms with Crippen LogP contribution in [-0.4, -0.2) is 55.4 Å². The van der Waals surface area contributed by atoms with E-state index < -0.39 is 0 Å². The summed E-state index contributed by atoms with van der Waals surface area (Å²) in [5, 5.41) is 7.70. The molecule has 3 heterocycles. The molecule has 1 aliphatic carbocycles. The zero-order valence-electron chi connectivity index (χ0n) is 15.6. The molecule has 27 heavy (non-hydrogen) atoms. The van der Waals surface area contributed by atoms with Gasteiger partial charge in [0.05, 0.1) is 30.8 Å². The van der Waals surface area contributed by atoms with Gasteiger partial charge in [-0.2, -0.15) is 0 Å². The summed E-state index contributed by atoms with van der Waals surface area (Å²) in [5.41, 5.74) is 4.68. The van der Waals surface area contributed by atoms with Crippen molar-refractivity contribution in [3.63, 3.8) is 0 Å². The Balaban J connectivity index is 1.39. The lowest BCUT2D eigenvalue weighted by molar-refractivity contribution is 0.0145. The Morgan fingerprint density at radius 2 is 2.04 bits per heavy atom. The van der Waals surface area contributed by atoms with Crippen LogP contribution in [0.3, 0.4) is 0 Å². The van der Waals surface area contributed by atoms with Gasteiger partial charge >= 0.3 is 0 Å². The fraction of sp³-hybridized carbons (Fsp3) is 0.550. The van der Waals surface area contributed by atoms with Crippen molar-refractivity contribution in [2.45, 2.75) is 32.2 Å². The fourth-order valence-corrected chi connectivity index (χ4v) is 4.25. The van der Waals surface area contributed by atoms with Crippen LogP contribution in [0.4, 0.5) is 11.4 Å². The topological polar surface area (TPSA) is 52.1 Å². The molecular formula is C20H26ClN5O. The molecule has 1 saturated heterocycles. The van der Waals surface area contributed by atoms with Crippen LogP contribution in [0.1, 0.15) is 25.3 Å². The fourth-order valence-electron chi connectivity index (χ4n) is 4.05. The van der Waals surface area contributed by atoms with Crippen LogP contribution in [0.2, 0.25) is 0 Å². The van der Waals surface area contributed by atoms with Gasteiger partial charge in [0.25, 0.3) is 0 Å². The molecule has 1 aromatic rings. The predicted octanol–water partition coefficient (Wildman–Crippen LogP) is 2.87. The third-order valence-electron chi connectivity index (χ3n) is 5.79. The number of morpholine rings is 1. The molecule has 0 bridgehead atoms. The molecule has 0 radical (unpaired) electrons. The molecule has 7 heteroatoms. The van der Waals surface area contributed by atoms with Crippen LogP contribution in [0.5, 0.6) is 0 Å². The number of aliphatic imine (C=N–C) groups is 1. The summed E-state index contributed by atoms with van der Waals surface area (Å²) < 4.78 is 5.46. The molecule has 2 atom stereocenters. The van der Waals surface area contributed by atoms with E-state index in [1.807, 2.05) is 6.08 Å². The Morgan fingerprint density at radius 1 is 1.22 bits per heavy atom. The van der Waals surface area contributed by atoms with E-state index in [4.69, 9.17) is 16.3 Å². The van der Waals surface area contributed by atoms with Gasteiger partial charge in [0, 0.05) is 25.3 Å². The first-order chi connectivity index (χ1) is 13.2. The Kier molecular flexibility index (Phi) is 4.50. The number of benzene rings is 1. The van der Waals surface area contributed by atoms with Gasteiger partial charge in [-0.05, 0) is 49.5 Å². The van der Waals surface area contributed by atoms with E-state index >= 15 is 0 Å². The Labute approximate surface area is 165 Å². The average molecular weight is 388 g/mol. The van der Waals surface area contributed by atoms with E-state index in [0.29, 0.717) is 11.3 Å². The lowest BCUT2D eigenvalue weighted by Crippen LogP contribution is -2.50. The van der Waals surface area contributed by atoms with E-state index in [2.05, 4.69) is 50.5 Å². The summed E-state index contributed by atoms with van der Waals surface area (Å²) >= 11 is 6.37. The van der Waals surface area contributed by atoms with Crippen LogP contribution in [0.15, 0.2) is 29.3 Å². The number of ether oxygens (including phenoxy) is 1. The standard InChI is InChI=1S/C20H26ClN5O/c1-13-22-16-5-4-15(10-18(16)26(13)12-14-2-3-14)17-11-19(21)24-20(23-17)25-6-8-27-9-7-25/h4-5,10-11,13-14,20,22-23H,2-3,6-9,12H2,1H3. The van der Waals surface area contributed by atoms with E-state index in [-0.39, 0.29) is 6.29 Å². The number of hydrogen-bond acceptors (Lipinski definition) is 6. The molecule has 5 rings (SSSR count). The monoisotopic (exact) mass is 387 g/mol. The van der Waals surface area contributed by atoms with E-state index in [9.17, 15) is 0 Å². The smallest absolute Gasteiger partial charge is 0.178 e. The summed E-state index contributed by atoms with van der Waals surface area (Å²) in [5.74, 6) is 0.850. The third-order valence-corrected chi connectivity index (χ3v) is 5.99. The summed E-state index contributed by atoms with van der Waals surface area (Å²) in [4.78, 5) is 9.34. The number of anilines is 2. The number of halogens is 1. The lowest BCUT2D eigenvalue weighted by Gasteiger charge is -2.35. The van der Waals surface area contributed by atoms with Gasteiger partial charge < -0.3 is 20.3 Å². The second-order valence-electron chi connectivity index (χ2n) is 7.82. The summed E-state index contributed by atoms with van der Waals surface area (Å²) in [6.07, 6.45) is 4.86. The highest BCUT2D eigenvalue weighted by Crippen LogP contribution is 2.40. The normalized spacial score (nSPS) is 28.1. The molecule has 2 unspecified atom stereocenters. The van der Waals surface area contributed by atoms with Crippen LogP contribution in [0.25, 0.3) is 5.70 Å². The Hall–Kier alpha value is -1.76. The summed E-state index contributed by atoms with van der Waals surface area (Å²) in [6, 6.07) is 6.61. The zero-order valence-corrected chi connectivity index (χ0v) is 16.4. The summed E-state index contributed by atoms with van der Waals surface area (Å²) in [7, 11) is 0.